The Hall–Kier alpha value is -2.44. The van der Waals surface area contributed by atoms with Gasteiger partial charge in [-0.3, -0.25) is 9.89 Å². The standard InChI is InChI=1S/C18H26N6O/c1-11-12(2)22-23-14(11)8-9-17(25)20-15-6-5-7-16-13(15)10-19-18(21-16)24(3)4/h10,15H,5-9H2,1-4H3,(H,20,25)(H,22,23). The second kappa shape index (κ2) is 7.21. The summed E-state index contributed by atoms with van der Waals surface area (Å²) in [4.78, 5) is 23.3. The molecule has 3 rings (SSSR count). The van der Waals surface area contributed by atoms with Crippen molar-refractivity contribution in [3.63, 3.8) is 0 Å². The lowest BCUT2D eigenvalue weighted by molar-refractivity contribution is -0.121. The van der Waals surface area contributed by atoms with E-state index in [9.17, 15) is 4.79 Å². The summed E-state index contributed by atoms with van der Waals surface area (Å²) in [5, 5.41) is 10.4. The molecule has 1 atom stereocenters. The monoisotopic (exact) mass is 342 g/mol. The fourth-order valence-corrected chi connectivity index (χ4v) is 3.18. The highest BCUT2D eigenvalue weighted by Gasteiger charge is 2.24. The smallest absolute Gasteiger partial charge is 0.225 e. The molecule has 134 valence electrons. The number of aromatic nitrogens is 4. The van der Waals surface area contributed by atoms with Gasteiger partial charge in [0, 0.05) is 44.4 Å². The van der Waals surface area contributed by atoms with Crippen LogP contribution in [0.2, 0.25) is 0 Å². The van der Waals surface area contributed by atoms with Gasteiger partial charge in [-0.25, -0.2) is 9.97 Å². The van der Waals surface area contributed by atoms with Crippen LogP contribution in [-0.4, -0.2) is 40.2 Å². The van der Waals surface area contributed by atoms with Crippen LogP contribution in [0.25, 0.3) is 0 Å². The summed E-state index contributed by atoms with van der Waals surface area (Å²) in [6.07, 6.45) is 5.86. The zero-order valence-electron chi connectivity index (χ0n) is 15.4. The van der Waals surface area contributed by atoms with Crippen molar-refractivity contribution in [2.45, 2.75) is 52.0 Å². The summed E-state index contributed by atoms with van der Waals surface area (Å²) in [7, 11) is 3.87. The normalized spacial score (nSPS) is 16.4. The molecule has 0 saturated heterocycles. The highest BCUT2D eigenvalue weighted by molar-refractivity contribution is 5.76. The molecule has 0 aliphatic heterocycles. The molecule has 2 heterocycles. The third-order valence-electron chi connectivity index (χ3n) is 4.85. The second-order valence-electron chi connectivity index (χ2n) is 6.90. The van der Waals surface area contributed by atoms with Crippen LogP contribution >= 0.6 is 0 Å². The Balaban J connectivity index is 1.64. The van der Waals surface area contributed by atoms with Gasteiger partial charge in [-0.05, 0) is 38.7 Å². The molecule has 1 aliphatic carbocycles. The zero-order valence-corrected chi connectivity index (χ0v) is 15.4. The number of hydrogen-bond donors (Lipinski definition) is 2. The summed E-state index contributed by atoms with van der Waals surface area (Å²) in [6.45, 7) is 4.02. The molecule has 0 aromatic carbocycles. The van der Waals surface area contributed by atoms with Crippen LogP contribution in [0.4, 0.5) is 5.95 Å². The molecule has 7 nitrogen and oxygen atoms in total. The quantitative estimate of drug-likeness (QED) is 0.868. The molecule has 7 heteroatoms. The third kappa shape index (κ3) is 3.81. The van der Waals surface area contributed by atoms with Crippen LogP contribution in [0.15, 0.2) is 6.20 Å². The fraction of sp³-hybridized carbons (Fsp3) is 0.556. The Morgan fingerprint density at radius 3 is 2.88 bits per heavy atom. The van der Waals surface area contributed by atoms with Crippen molar-refractivity contribution in [3.05, 3.63) is 34.4 Å². The predicted octanol–water partition coefficient (Wildman–Crippen LogP) is 2.01. The molecule has 2 aromatic rings. The predicted molar refractivity (Wildman–Crippen MR) is 96.6 cm³/mol. The molecule has 1 amide bonds. The van der Waals surface area contributed by atoms with Gasteiger partial charge in [-0.2, -0.15) is 5.10 Å². The highest BCUT2D eigenvalue weighted by atomic mass is 16.1. The van der Waals surface area contributed by atoms with Gasteiger partial charge in [0.1, 0.15) is 0 Å². The average Bonchev–Trinajstić information content (AvgIpc) is 2.91. The van der Waals surface area contributed by atoms with Crippen molar-refractivity contribution in [1.82, 2.24) is 25.5 Å². The van der Waals surface area contributed by atoms with E-state index in [0.717, 1.165) is 53.4 Å². The van der Waals surface area contributed by atoms with Crippen molar-refractivity contribution in [2.24, 2.45) is 0 Å². The summed E-state index contributed by atoms with van der Waals surface area (Å²) in [5.74, 6) is 0.768. The van der Waals surface area contributed by atoms with Gasteiger partial charge in [0.25, 0.3) is 0 Å². The van der Waals surface area contributed by atoms with E-state index in [-0.39, 0.29) is 11.9 Å². The van der Waals surface area contributed by atoms with E-state index in [4.69, 9.17) is 0 Å². The number of amides is 1. The van der Waals surface area contributed by atoms with E-state index < -0.39 is 0 Å². The molecule has 0 saturated carbocycles. The Morgan fingerprint density at radius 1 is 1.40 bits per heavy atom. The minimum absolute atomic E-state index is 0.00878. The van der Waals surface area contributed by atoms with Crippen LogP contribution in [0, 0.1) is 13.8 Å². The Bertz CT molecular complexity index is 767. The molecule has 2 aromatic heterocycles. The Morgan fingerprint density at radius 2 is 2.20 bits per heavy atom. The molecule has 1 unspecified atom stereocenters. The molecule has 0 spiro atoms. The number of aryl methyl sites for hydroxylation is 3. The number of nitrogens with one attached hydrogen (secondary N) is 2. The van der Waals surface area contributed by atoms with Crippen LogP contribution in [0.3, 0.4) is 0 Å². The van der Waals surface area contributed by atoms with Gasteiger partial charge >= 0.3 is 0 Å². The van der Waals surface area contributed by atoms with Crippen LogP contribution in [0.1, 0.15) is 53.5 Å². The largest absolute Gasteiger partial charge is 0.349 e. The van der Waals surface area contributed by atoms with E-state index in [0.29, 0.717) is 12.8 Å². The second-order valence-corrected chi connectivity index (χ2v) is 6.90. The van der Waals surface area contributed by atoms with Crippen LogP contribution in [0.5, 0.6) is 0 Å². The summed E-state index contributed by atoms with van der Waals surface area (Å²) in [5.41, 5.74) is 5.27. The van der Waals surface area contributed by atoms with E-state index in [2.05, 4.69) is 25.5 Å². The highest BCUT2D eigenvalue weighted by Crippen LogP contribution is 2.29. The lowest BCUT2D eigenvalue weighted by Gasteiger charge is -2.26. The van der Waals surface area contributed by atoms with Gasteiger partial charge in [0.15, 0.2) is 0 Å². The van der Waals surface area contributed by atoms with Gasteiger partial charge < -0.3 is 10.2 Å². The van der Waals surface area contributed by atoms with Crippen molar-refractivity contribution in [3.8, 4) is 0 Å². The minimum Gasteiger partial charge on any atom is -0.349 e. The topological polar surface area (TPSA) is 86.8 Å². The number of H-pyrrole nitrogens is 1. The molecule has 2 N–H and O–H groups in total. The number of carbonyl (C=O) groups is 1. The maximum absolute atomic E-state index is 12.4. The van der Waals surface area contributed by atoms with Crippen molar-refractivity contribution in [2.75, 3.05) is 19.0 Å². The average molecular weight is 342 g/mol. The van der Waals surface area contributed by atoms with Crippen LogP contribution in [-0.2, 0) is 17.6 Å². The van der Waals surface area contributed by atoms with Gasteiger partial charge in [0.2, 0.25) is 11.9 Å². The summed E-state index contributed by atoms with van der Waals surface area (Å²) >= 11 is 0. The van der Waals surface area contributed by atoms with E-state index in [1.807, 2.05) is 39.0 Å². The van der Waals surface area contributed by atoms with Crippen molar-refractivity contribution in [1.29, 1.82) is 0 Å². The van der Waals surface area contributed by atoms with Gasteiger partial charge in [0.05, 0.1) is 17.4 Å². The van der Waals surface area contributed by atoms with Gasteiger partial charge in [-0.1, -0.05) is 0 Å². The maximum Gasteiger partial charge on any atom is 0.225 e. The first kappa shape index (κ1) is 17.4. The molecule has 0 radical (unpaired) electrons. The zero-order chi connectivity index (χ0) is 18.0. The SMILES string of the molecule is Cc1[nH]nc(CCC(=O)NC2CCCc3nc(N(C)C)ncc32)c1C. The lowest BCUT2D eigenvalue weighted by Crippen LogP contribution is -2.32. The van der Waals surface area contributed by atoms with Crippen LogP contribution < -0.4 is 10.2 Å². The van der Waals surface area contributed by atoms with E-state index in [1.54, 1.807) is 0 Å². The summed E-state index contributed by atoms with van der Waals surface area (Å²) in [6, 6.07) is 0.00878. The number of carbonyl (C=O) groups excluding carboxylic acids is 1. The van der Waals surface area contributed by atoms with E-state index in [1.165, 1.54) is 0 Å². The number of nitrogens with zero attached hydrogens (tertiary/aromatic N) is 4. The summed E-state index contributed by atoms with van der Waals surface area (Å²) < 4.78 is 0. The van der Waals surface area contributed by atoms with Crippen molar-refractivity contribution >= 4 is 11.9 Å². The Kier molecular flexibility index (Phi) is 5.01. The third-order valence-corrected chi connectivity index (χ3v) is 4.85. The number of aromatic amines is 1. The van der Waals surface area contributed by atoms with E-state index >= 15 is 0 Å². The molecule has 0 fully saturated rings. The first-order valence-corrected chi connectivity index (χ1v) is 8.78. The first-order chi connectivity index (χ1) is 12.0. The Labute approximate surface area is 148 Å². The number of rotatable bonds is 5. The first-order valence-electron chi connectivity index (χ1n) is 8.78. The molecule has 0 bridgehead atoms. The lowest BCUT2D eigenvalue weighted by atomic mass is 9.92. The number of anilines is 1. The van der Waals surface area contributed by atoms with Crippen molar-refractivity contribution < 1.29 is 4.79 Å². The molecule has 25 heavy (non-hydrogen) atoms. The fourth-order valence-electron chi connectivity index (χ4n) is 3.18. The molecule has 1 aliphatic rings. The maximum atomic E-state index is 12.4. The molecular weight excluding hydrogens is 316 g/mol. The minimum atomic E-state index is 0.00878. The number of fused-ring (bicyclic) bond motifs is 1. The van der Waals surface area contributed by atoms with Gasteiger partial charge in [-0.15, -0.1) is 0 Å². The molecular formula is C18H26N6O. The number of hydrogen-bond acceptors (Lipinski definition) is 5.